The minimum absolute atomic E-state index is 0.0275. The third kappa shape index (κ3) is 4.32. The lowest BCUT2D eigenvalue weighted by atomic mass is 10.1. The van der Waals surface area contributed by atoms with E-state index in [1.165, 1.54) is 11.3 Å². The first kappa shape index (κ1) is 15.6. The van der Waals surface area contributed by atoms with Crippen LogP contribution < -0.4 is 5.32 Å². The summed E-state index contributed by atoms with van der Waals surface area (Å²) >= 11 is 1.53. The number of nitrogens with zero attached hydrogens (tertiary/aromatic N) is 2. The third-order valence-electron chi connectivity index (χ3n) is 3.51. The van der Waals surface area contributed by atoms with E-state index < -0.39 is 0 Å². The van der Waals surface area contributed by atoms with Gasteiger partial charge in [-0.1, -0.05) is 0 Å². The second kappa shape index (κ2) is 7.28. The van der Waals surface area contributed by atoms with E-state index in [1.54, 1.807) is 12.5 Å². The number of carbonyl (C=O) groups is 1. The van der Waals surface area contributed by atoms with Gasteiger partial charge in [-0.15, -0.1) is 11.3 Å². The molecule has 0 fully saturated rings. The Bertz CT molecular complexity index is 732. The van der Waals surface area contributed by atoms with E-state index in [2.05, 4.69) is 10.3 Å². The number of carbonyl (C=O) groups excluding carboxylic acids is 1. The Morgan fingerprint density at radius 3 is 2.96 bits per heavy atom. The fourth-order valence-corrected chi connectivity index (χ4v) is 3.21. The van der Waals surface area contributed by atoms with Crippen LogP contribution in [0.25, 0.3) is 5.13 Å². The first-order valence-electron chi connectivity index (χ1n) is 7.60. The average Bonchev–Trinajstić information content (AvgIpc) is 3.26. The molecule has 0 spiro atoms. The highest BCUT2D eigenvalue weighted by Crippen LogP contribution is 2.18. The molecule has 23 heavy (non-hydrogen) atoms. The van der Waals surface area contributed by atoms with Crippen LogP contribution >= 0.6 is 11.3 Å². The van der Waals surface area contributed by atoms with Crippen LogP contribution in [0.5, 0.6) is 0 Å². The Morgan fingerprint density at radius 2 is 2.22 bits per heavy atom. The summed E-state index contributed by atoms with van der Waals surface area (Å²) in [6.45, 7) is 2.01. The number of hydrogen-bond donors (Lipinski definition) is 1. The van der Waals surface area contributed by atoms with Crippen molar-refractivity contribution in [3.63, 3.8) is 0 Å². The molecule has 0 aromatic carbocycles. The van der Waals surface area contributed by atoms with Gasteiger partial charge in [0.05, 0.1) is 12.7 Å². The first-order chi connectivity index (χ1) is 11.2. The van der Waals surface area contributed by atoms with Gasteiger partial charge in [-0.05, 0) is 37.6 Å². The number of rotatable bonds is 7. The van der Waals surface area contributed by atoms with Crippen LogP contribution in [0.2, 0.25) is 0 Å². The van der Waals surface area contributed by atoms with Gasteiger partial charge in [0.25, 0.3) is 0 Å². The lowest BCUT2D eigenvalue weighted by Crippen LogP contribution is -2.33. The van der Waals surface area contributed by atoms with Crippen LogP contribution in [0.3, 0.4) is 0 Å². The molecule has 3 aromatic heterocycles. The Hall–Kier alpha value is -2.34. The van der Waals surface area contributed by atoms with Crippen molar-refractivity contribution in [1.29, 1.82) is 0 Å². The molecule has 1 unspecified atom stereocenters. The number of aromatic nitrogens is 2. The van der Waals surface area contributed by atoms with Gasteiger partial charge >= 0.3 is 0 Å². The monoisotopic (exact) mass is 329 g/mol. The molecule has 0 aliphatic carbocycles. The molecule has 1 amide bonds. The first-order valence-corrected chi connectivity index (χ1v) is 8.42. The highest BCUT2D eigenvalue weighted by atomic mass is 32.1. The lowest BCUT2D eigenvalue weighted by Gasteiger charge is -2.12. The maximum atomic E-state index is 12.1. The van der Waals surface area contributed by atoms with Crippen molar-refractivity contribution in [2.24, 2.45) is 0 Å². The van der Waals surface area contributed by atoms with Gasteiger partial charge in [0.15, 0.2) is 5.13 Å². The van der Waals surface area contributed by atoms with Gasteiger partial charge < -0.3 is 14.3 Å². The molecule has 120 valence electrons. The van der Waals surface area contributed by atoms with Crippen molar-refractivity contribution in [3.05, 3.63) is 59.8 Å². The number of hydrogen-bond acceptors (Lipinski definition) is 4. The minimum Gasteiger partial charge on any atom is -0.469 e. The van der Waals surface area contributed by atoms with Gasteiger partial charge in [-0.25, -0.2) is 4.98 Å². The van der Waals surface area contributed by atoms with E-state index in [4.69, 9.17) is 4.42 Å². The van der Waals surface area contributed by atoms with Gasteiger partial charge in [-0.3, -0.25) is 4.79 Å². The summed E-state index contributed by atoms with van der Waals surface area (Å²) < 4.78 is 7.24. The summed E-state index contributed by atoms with van der Waals surface area (Å²) in [4.78, 5) is 17.4. The van der Waals surface area contributed by atoms with Crippen molar-refractivity contribution in [3.8, 4) is 5.13 Å². The molecular weight excluding hydrogens is 310 g/mol. The number of nitrogens with one attached hydrogen (secondary N) is 1. The van der Waals surface area contributed by atoms with E-state index in [1.807, 2.05) is 48.1 Å². The van der Waals surface area contributed by atoms with Crippen molar-refractivity contribution >= 4 is 17.2 Å². The molecule has 5 nitrogen and oxygen atoms in total. The molecule has 3 aromatic rings. The molecule has 0 saturated carbocycles. The molecule has 0 bridgehead atoms. The standard InChI is InChI=1S/C17H19N3O2S/c1-13(6-7-14-5-4-10-22-14)19-16(21)11-15-12-18-17(23-15)20-8-2-3-9-20/h2-5,8-10,12-13H,6-7,11H2,1H3,(H,19,21). The molecule has 0 aliphatic rings. The quantitative estimate of drug-likeness (QED) is 0.724. The summed E-state index contributed by atoms with van der Waals surface area (Å²) in [5.74, 6) is 0.976. The van der Waals surface area contributed by atoms with Crippen molar-refractivity contribution in [1.82, 2.24) is 14.9 Å². The SMILES string of the molecule is CC(CCc1ccco1)NC(=O)Cc1cnc(-n2cccc2)s1. The van der Waals surface area contributed by atoms with E-state index >= 15 is 0 Å². The van der Waals surface area contributed by atoms with E-state index in [9.17, 15) is 4.79 Å². The zero-order valence-corrected chi connectivity index (χ0v) is 13.8. The zero-order chi connectivity index (χ0) is 16.1. The number of thiazole rings is 1. The summed E-state index contributed by atoms with van der Waals surface area (Å²) in [6.07, 6.45) is 9.38. The molecule has 0 saturated heterocycles. The summed E-state index contributed by atoms with van der Waals surface area (Å²) in [6, 6.07) is 7.85. The molecule has 1 N–H and O–H groups in total. The Morgan fingerprint density at radius 1 is 1.39 bits per heavy atom. The summed E-state index contributed by atoms with van der Waals surface area (Å²) in [7, 11) is 0. The number of furan rings is 1. The number of amides is 1. The van der Waals surface area contributed by atoms with Crippen molar-refractivity contribution in [2.75, 3.05) is 0 Å². The normalized spacial score (nSPS) is 12.2. The maximum absolute atomic E-state index is 12.1. The van der Waals surface area contributed by atoms with Gasteiger partial charge in [-0.2, -0.15) is 0 Å². The lowest BCUT2D eigenvalue weighted by molar-refractivity contribution is -0.121. The van der Waals surface area contributed by atoms with Gasteiger partial charge in [0.1, 0.15) is 5.76 Å². The fraction of sp³-hybridized carbons (Fsp3) is 0.294. The molecule has 0 aliphatic heterocycles. The smallest absolute Gasteiger partial charge is 0.225 e. The average molecular weight is 329 g/mol. The van der Waals surface area contributed by atoms with Crippen LogP contribution in [0.1, 0.15) is 24.0 Å². The predicted molar refractivity (Wildman–Crippen MR) is 89.8 cm³/mol. The topological polar surface area (TPSA) is 60.1 Å². The Kier molecular flexibility index (Phi) is 4.92. The van der Waals surface area contributed by atoms with E-state index in [0.717, 1.165) is 28.6 Å². The van der Waals surface area contributed by atoms with Crippen molar-refractivity contribution < 1.29 is 9.21 Å². The van der Waals surface area contributed by atoms with E-state index in [0.29, 0.717) is 6.42 Å². The van der Waals surface area contributed by atoms with Gasteiger partial charge in [0, 0.05) is 35.9 Å². The van der Waals surface area contributed by atoms with E-state index in [-0.39, 0.29) is 11.9 Å². The van der Waals surface area contributed by atoms with Crippen LogP contribution in [0.15, 0.2) is 53.5 Å². The molecule has 3 heterocycles. The largest absolute Gasteiger partial charge is 0.469 e. The Labute approximate surface area is 139 Å². The van der Waals surface area contributed by atoms with Crippen LogP contribution in [0.4, 0.5) is 0 Å². The molecule has 3 rings (SSSR count). The number of aryl methyl sites for hydroxylation is 1. The van der Waals surface area contributed by atoms with Crippen LogP contribution in [0, 0.1) is 0 Å². The third-order valence-corrected chi connectivity index (χ3v) is 4.52. The minimum atomic E-state index is 0.0275. The van der Waals surface area contributed by atoms with Crippen LogP contribution in [-0.2, 0) is 17.6 Å². The fourth-order valence-electron chi connectivity index (χ4n) is 2.33. The summed E-state index contributed by atoms with van der Waals surface area (Å²) in [5, 5.41) is 3.90. The highest BCUT2D eigenvalue weighted by Gasteiger charge is 2.11. The molecular formula is C17H19N3O2S. The van der Waals surface area contributed by atoms with Gasteiger partial charge in [0.2, 0.25) is 5.91 Å². The molecule has 1 atom stereocenters. The zero-order valence-electron chi connectivity index (χ0n) is 12.9. The highest BCUT2D eigenvalue weighted by molar-refractivity contribution is 7.14. The second-order valence-corrected chi connectivity index (χ2v) is 6.56. The molecule has 0 radical (unpaired) electrons. The predicted octanol–water partition coefficient (Wildman–Crippen LogP) is 3.21. The van der Waals surface area contributed by atoms with Crippen LogP contribution in [-0.4, -0.2) is 21.5 Å². The second-order valence-electron chi connectivity index (χ2n) is 5.46. The Balaban J connectivity index is 1.47. The summed E-state index contributed by atoms with van der Waals surface area (Å²) in [5.41, 5.74) is 0. The molecule has 6 heteroatoms. The maximum Gasteiger partial charge on any atom is 0.225 e. The van der Waals surface area contributed by atoms with Crippen molar-refractivity contribution in [2.45, 2.75) is 32.2 Å².